The minimum absolute atomic E-state index is 0.00959. The number of aryl methyl sites for hydroxylation is 1. The number of H-pyrrole nitrogens is 1. The lowest BCUT2D eigenvalue weighted by atomic mass is 9.98. The number of carbonyl (C=O) groups excluding carboxylic acids is 1. The summed E-state index contributed by atoms with van der Waals surface area (Å²) < 4.78 is 43.0. The lowest BCUT2D eigenvalue weighted by Gasteiger charge is -2.34. The molecule has 13 heteroatoms. The molecule has 3 heterocycles. The van der Waals surface area contributed by atoms with Crippen LogP contribution in [0.3, 0.4) is 0 Å². The molecule has 2 aromatic heterocycles. The van der Waals surface area contributed by atoms with Crippen molar-refractivity contribution in [1.82, 2.24) is 29.4 Å². The zero-order valence-electron chi connectivity index (χ0n) is 18.9. The second-order valence-corrected chi connectivity index (χ2v) is 9.83. The Bertz CT molecular complexity index is 1660. The third kappa shape index (κ3) is 4.05. The van der Waals surface area contributed by atoms with Crippen LogP contribution in [0.4, 0.5) is 13.2 Å². The Morgan fingerprint density at radius 1 is 1.22 bits per heavy atom. The monoisotopic (exact) mass is 578 g/mol. The zero-order valence-corrected chi connectivity index (χ0v) is 21.3. The number of carbonyl (C=O) groups is 1. The van der Waals surface area contributed by atoms with Crippen LogP contribution in [0.15, 0.2) is 45.7 Å². The highest BCUT2D eigenvalue weighted by Crippen LogP contribution is 2.36. The first kappa shape index (κ1) is 24.4. The number of fused-ring (bicyclic) bond motifs is 2. The predicted octanol–water partition coefficient (Wildman–Crippen LogP) is 4.55. The fraction of sp³-hybridized carbons (Fsp3) is 0.261. The Morgan fingerprint density at radius 3 is 2.69 bits per heavy atom. The Labute approximate surface area is 215 Å². The fourth-order valence-corrected chi connectivity index (χ4v) is 5.19. The molecule has 0 spiro atoms. The molecule has 0 aliphatic carbocycles. The highest BCUT2D eigenvalue weighted by atomic mass is 79.9. The van der Waals surface area contributed by atoms with Crippen LogP contribution >= 0.6 is 28.1 Å². The van der Waals surface area contributed by atoms with E-state index in [-0.39, 0.29) is 33.3 Å². The maximum absolute atomic E-state index is 13.5. The molecule has 5 rings (SSSR count). The lowest BCUT2D eigenvalue weighted by Crippen LogP contribution is -2.45. The van der Waals surface area contributed by atoms with Crippen LogP contribution in [0.25, 0.3) is 16.7 Å². The minimum Gasteiger partial charge on any atom is -0.333 e. The van der Waals surface area contributed by atoms with E-state index in [0.717, 1.165) is 11.6 Å². The van der Waals surface area contributed by atoms with Crippen LogP contribution in [-0.2, 0) is 26.2 Å². The zero-order chi connectivity index (χ0) is 25.9. The van der Waals surface area contributed by atoms with Gasteiger partial charge in [0, 0.05) is 34.4 Å². The molecule has 0 saturated heterocycles. The van der Waals surface area contributed by atoms with Crippen molar-refractivity contribution in [3.8, 4) is 5.69 Å². The number of nitrogens with zero attached hydrogens (tertiary/aromatic N) is 5. The summed E-state index contributed by atoms with van der Waals surface area (Å²) >= 11 is 8.36. The van der Waals surface area contributed by atoms with Crippen LogP contribution in [0.1, 0.15) is 34.1 Å². The molecule has 1 amide bonds. The summed E-state index contributed by atoms with van der Waals surface area (Å²) in [5.74, 6) is -0.567. The third-order valence-corrected chi connectivity index (χ3v) is 7.25. The van der Waals surface area contributed by atoms with E-state index in [1.165, 1.54) is 21.6 Å². The van der Waals surface area contributed by atoms with Crippen molar-refractivity contribution in [3.05, 3.63) is 78.4 Å². The quantitative estimate of drug-likeness (QED) is 0.353. The van der Waals surface area contributed by atoms with Gasteiger partial charge >= 0.3 is 6.18 Å². The Balaban J connectivity index is 1.52. The molecule has 36 heavy (non-hydrogen) atoms. The molecule has 0 fully saturated rings. The molecular weight excluding hydrogens is 561 g/mol. The number of aromatic amines is 1. The number of nitrogens with one attached hydrogen (secondary N) is 1. The maximum Gasteiger partial charge on any atom is 0.417 e. The van der Waals surface area contributed by atoms with Gasteiger partial charge in [0.1, 0.15) is 5.52 Å². The Morgan fingerprint density at radius 2 is 1.97 bits per heavy atom. The lowest BCUT2D eigenvalue weighted by molar-refractivity contribution is -0.138. The Hall–Kier alpha value is -3.32. The van der Waals surface area contributed by atoms with Gasteiger partial charge in [-0.1, -0.05) is 21.1 Å². The topological polar surface area (TPSA) is 88.8 Å². The molecule has 1 aliphatic heterocycles. The van der Waals surface area contributed by atoms with Crippen LogP contribution in [0.5, 0.6) is 0 Å². The normalized spacial score (nSPS) is 15.8. The largest absolute Gasteiger partial charge is 0.417 e. The van der Waals surface area contributed by atoms with Gasteiger partial charge in [0.25, 0.3) is 11.5 Å². The highest BCUT2D eigenvalue weighted by molar-refractivity contribution is 9.10. The summed E-state index contributed by atoms with van der Waals surface area (Å²) in [6, 6.07) is 8.20. The number of hydrogen-bond acceptors (Lipinski definition) is 5. The summed E-state index contributed by atoms with van der Waals surface area (Å²) in [4.78, 5) is 31.1. The highest BCUT2D eigenvalue weighted by Gasteiger charge is 2.35. The van der Waals surface area contributed by atoms with Crippen molar-refractivity contribution in [2.24, 2.45) is 7.05 Å². The average Bonchev–Trinajstić information content (AvgIpc) is 3.18. The summed E-state index contributed by atoms with van der Waals surface area (Å²) in [5.41, 5.74) is 1.51. The first-order valence-corrected chi connectivity index (χ1v) is 12.0. The number of alkyl halides is 3. The molecular formula is C23H18BrF3N6O2S. The molecule has 0 saturated carbocycles. The van der Waals surface area contributed by atoms with E-state index in [4.69, 9.17) is 12.2 Å². The van der Waals surface area contributed by atoms with Gasteiger partial charge in [-0.05, 0) is 62.0 Å². The second kappa shape index (κ2) is 8.66. The van der Waals surface area contributed by atoms with Crippen molar-refractivity contribution < 1.29 is 18.0 Å². The molecule has 1 aliphatic rings. The molecule has 1 atom stereocenters. The first-order valence-electron chi connectivity index (χ1n) is 10.8. The summed E-state index contributed by atoms with van der Waals surface area (Å²) in [6.45, 7) is 1.76. The smallest absolute Gasteiger partial charge is 0.333 e. The van der Waals surface area contributed by atoms with E-state index in [2.05, 4.69) is 31.2 Å². The molecule has 0 unspecified atom stereocenters. The molecule has 4 aromatic rings. The molecule has 2 aromatic carbocycles. The van der Waals surface area contributed by atoms with Gasteiger partial charge in [-0.3, -0.25) is 14.2 Å². The minimum atomic E-state index is -4.61. The number of amides is 1. The van der Waals surface area contributed by atoms with Gasteiger partial charge in [0.15, 0.2) is 4.77 Å². The van der Waals surface area contributed by atoms with Crippen molar-refractivity contribution in [1.29, 1.82) is 0 Å². The number of benzene rings is 2. The van der Waals surface area contributed by atoms with Gasteiger partial charge < -0.3 is 9.88 Å². The second-order valence-electron chi connectivity index (χ2n) is 8.59. The summed E-state index contributed by atoms with van der Waals surface area (Å²) in [7, 11) is 1.76. The van der Waals surface area contributed by atoms with Crippen molar-refractivity contribution >= 4 is 45.1 Å². The van der Waals surface area contributed by atoms with E-state index < -0.39 is 23.7 Å². The molecule has 186 valence electrons. The SMILES string of the molecule is C[C@@H]1Cc2c([nH]c(=S)n(-c3ccc4c(c3)nnn4C)c2=O)CN1C(=O)c1ccc(Br)c(C(F)(F)F)c1. The average molecular weight is 579 g/mol. The number of rotatable bonds is 2. The van der Waals surface area contributed by atoms with Crippen molar-refractivity contribution in [2.45, 2.75) is 32.1 Å². The number of aromatic nitrogens is 5. The Kier molecular flexibility index (Phi) is 5.86. The molecule has 1 N–H and O–H groups in total. The van der Waals surface area contributed by atoms with E-state index >= 15 is 0 Å². The fourth-order valence-electron chi connectivity index (χ4n) is 4.41. The van der Waals surface area contributed by atoms with Crippen molar-refractivity contribution in [2.75, 3.05) is 0 Å². The van der Waals surface area contributed by atoms with E-state index in [0.29, 0.717) is 22.5 Å². The van der Waals surface area contributed by atoms with E-state index in [1.54, 1.807) is 36.9 Å². The summed E-state index contributed by atoms with van der Waals surface area (Å²) in [6.07, 6.45) is -4.40. The van der Waals surface area contributed by atoms with Gasteiger partial charge in [0.2, 0.25) is 0 Å². The van der Waals surface area contributed by atoms with E-state index in [9.17, 15) is 22.8 Å². The van der Waals surface area contributed by atoms with Crippen LogP contribution in [0.2, 0.25) is 0 Å². The predicted molar refractivity (Wildman–Crippen MR) is 131 cm³/mol. The molecule has 0 bridgehead atoms. The first-order chi connectivity index (χ1) is 17.0. The van der Waals surface area contributed by atoms with Crippen LogP contribution < -0.4 is 5.56 Å². The maximum atomic E-state index is 13.5. The van der Waals surface area contributed by atoms with E-state index in [1.807, 2.05) is 0 Å². The third-order valence-electron chi connectivity index (χ3n) is 6.28. The van der Waals surface area contributed by atoms with Gasteiger partial charge in [-0.15, -0.1) is 5.10 Å². The van der Waals surface area contributed by atoms with Crippen LogP contribution in [0, 0.1) is 4.77 Å². The summed E-state index contributed by atoms with van der Waals surface area (Å²) in [5, 5.41) is 8.06. The molecule has 8 nitrogen and oxygen atoms in total. The van der Waals surface area contributed by atoms with Gasteiger partial charge in [-0.25, -0.2) is 4.68 Å². The standard InChI is InChI=1S/C23H18BrF3N6O2S/c1-11-7-14-18(10-32(11)20(34)12-3-5-16(24)15(8-12)23(25,26)27)28-22(36)33(21(14)35)13-4-6-19-17(9-13)29-30-31(19)2/h3-6,8-9,11H,7,10H2,1-2H3,(H,28,36)/t11-/m1/s1. The van der Waals surface area contributed by atoms with Crippen LogP contribution in [-0.4, -0.2) is 41.4 Å². The van der Waals surface area contributed by atoms with Gasteiger partial charge in [0.05, 0.1) is 23.3 Å². The van der Waals surface area contributed by atoms with Gasteiger partial charge in [-0.2, -0.15) is 13.2 Å². The number of hydrogen-bond donors (Lipinski definition) is 1. The molecule has 0 radical (unpaired) electrons. The number of halogens is 4. The van der Waals surface area contributed by atoms with Crippen molar-refractivity contribution in [3.63, 3.8) is 0 Å².